The average molecular weight is 373 g/mol. The van der Waals surface area contributed by atoms with Gasteiger partial charge >= 0.3 is 6.18 Å². The van der Waals surface area contributed by atoms with Crippen molar-refractivity contribution in [1.29, 1.82) is 0 Å². The third-order valence-electron chi connectivity index (χ3n) is 3.71. The molecule has 0 fully saturated rings. The summed E-state index contributed by atoms with van der Waals surface area (Å²) in [7, 11) is -2.86. The van der Waals surface area contributed by atoms with Gasteiger partial charge in [-0.15, -0.1) is 0 Å². The Morgan fingerprint density at radius 3 is 2.36 bits per heavy atom. The van der Waals surface area contributed by atoms with E-state index in [1.807, 2.05) is 0 Å². The predicted octanol–water partition coefficient (Wildman–Crippen LogP) is 3.30. The van der Waals surface area contributed by atoms with Crippen molar-refractivity contribution in [1.82, 2.24) is 0 Å². The minimum Gasteiger partial charge on any atom is -0.486 e. The van der Waals surface area contributed by atoms with Crippen LogP contribution in [-0.4, -0.2) is 28.7 Å². The van der Waals surface area contributed by atoms with Crippen LogP contribution in [0.15, 0.2) is 47.4 Å². The lowest BCUT2D eigenvalue weighted by Gasteiger charge is -2.23. The van der Waals surface area contributed by atoms with Gasteiger partial charge in [0.05, 0.1) is 16.1 Å². The SMILES string of the molecule is CN(c1cccc(C(F)(F)F)c1)S(=O)(=O)c1ccc2c(c1)OCCO2. The van der Waals surface area contributed by atoms with Crippen LogP contribution < -0.4 is 13.8 Å². The van der Waals surface area contributed by atoms with Crippen molar-refractivity contribution in [2.24, 2.45) is 0 Å². The van der Waals surface area contributed by atoms with Crippen LogP contribution in [0.2, 0.25) is 0 Å². The Kier molecular flexibility index (Phi) is 4.28. The van der Waals surface area contributed by atoms with Gasteiger partial charge in [-0.2, -0.15) is 13.2 Å². The molecular formula is C16H14F3NO4S. The van der Waals surface area contributed by atoms with E-state index in [4.69, 9.17) is 9.47 Å². The summed E-state index contributed by atoms with van der Waals surface area (Å²) < 4.78 is 75.5. The summed E-state index contributed by atoms with van der Waals surface area (Å²) in [5, 5.41) is 0. The second kappa shape index (κ2) is 6.14. The van der Waals surface area contributed by atoms with Crippen LogP contribution in [-0.2, 0) is 16.2 Å². The number of alkyl halides is 3. The summed E-state index contributed by atoms with van der Waals surface area (Å²) in [6.45, 7) is 0.656. The molecule has 0 aromatic heterocycles. The maximum Gasteiger partial charge on any atom is 0.416 e. The molecule has 0 saturated carbocycles. The first-order valence-corrected chi connectivity index (χ1v) is 8.69. The molecule has 1 aliphatic rings. The number of anilines is 1. The molecule has 0 saturated heterocycles. The van der Waals surface area contributed by atoms with Crippen LogP contribution in [0.4, 0.5) is 18.9 Å². The first kappa shape index (κ1) is 17.4. The van der Waals surface area contributed by atoms with Crippen molar-refractivity contribution in [3.05, 3.63) is 48.0 Å². The van der Waals surface area contributed by atoms with Gasteiger partial charge in [-0.05, 0) is 30.3 Å². The fourth-order valence-electron chi connectivity index (χ4n) is 2.36. The molecule has 0 bridgehead atoms. The quantitative estimate of drug-likeness (QED) is 0.828. The van der Waals surface area contributed by atoms with Gasteiger partial charge in [0.25, 0.3) is 10.0 Å². The zero-order chi connectivity index (χ0) is 18.2. The topological polar surface area (TPSA) is 55.8 Å². The Morgan fingerprint density at radius 2 is 1.68 bits per heavy atom. The molecule has 0 spiro atoms. The van der Waals surface area contributed by atoms with Gasteiger partial charge in [0.15, 0.2) is 11.5 Å². The van der Waals surface area contributed by atoms with E-state index in [0.717, 1.165) is 22.5 Å². The van der Waals surface area contributed by atoms with E-state index in [1.54, 1.807) is 0 Å². The number of hydrogen-bond acceptors (Lipinski definition) is 4. The molecule has 9 heteroatoms. The molecule has 0 unspecified atom stereocenters. The number of halogens is 3. The van der Waals surface area contributed by atoms with Crippen LogP contribution in [0, 0.1) is 0 Å². The molecule has 134 valence electrons. The van der Waals surface area contributed by atoms with Gasteiger partial charge in [-0.1, -0.05) is 6.07 Å². The molecule has 0 N–H and O–H groups in total. The van der Waals surface area contributed by atoms with Gasteiger partial charge in [0.2, 0.25) is 0 Å². The lowest BCUT2D eigenvalue weighted by molar-refractivity contribution is -0.137. The highest BCUT2D eigenvalue weighted by atomic mass is 32.2. The molecule has 0 amide bonds. The highest BCUT2D eigenvalue weighted by Gasteiger charge is 2.32. The second-order valence-electron chi connectivity index (χ2n) is 5.33. The number of nitrogens with zero attached hydrogens (tertiary/aromatic N) is 1. The number of sulfonamides is 1. The van der Waals surface area contributed by atoms with E-state index in [2.05, 4.69) is 0 Å². The Bertz CT molecular complexity index is 896. The van der Waals surface area contributed by atoms with Gasteiger partial charge in [0, 0.05) is 13.1 Å². The van der Waals surface area contributed by atoms with Gasteiger partial charge in [-0.3, -0.25) is 4.31 Å². The van der Waals surface area contributed by atoms with Crippen molar-refractivity contribution < 1.29 is 31.1 Å². The molecule has 3 rings (SSSR count). The molecule has 2 aromatic carbocycles. The van der Waals surface area contributed by atoms with E-state index in [-0.39, 0.29) is 16.3 Å². The monoisotopic (exact) mass is 373 g/mol. The molecule has 0 atom stereocenters. The second-order valence-corrected chi connectivity index (χ2v) is 7.30. The molecule has 25 heavy (non-hydrogen) atoms. The van der Waals surface area contributed by atoms with E-state index < -0.39 is 21.8 Å². The zero-order valence-electron chi connectivity index (χ0n) is 13.1. The fourth-order valence-corrected chi connectivity index (χ4v) is 3.56. The molecule has 0 radical (unpaired) electrons. The summed E-state index contributed by atoms with van der Waals surface area (Å²) in [6.07, 6.45) is -4.56. The maximum absolute atomic E-state index is 12.8. The highest BCUT2D eigenvalue weighted by molar-refractivity contribution is 7.92. The molecule has 1 heterocycles. The predicted molar refractivity (Wildman–Crippen MR) is 84.5 cm³/mol. The Hall–Kier alpha value is -2.42. The fraction of sp³-hybridized carbons (Fsp3) is 0.250. The minimum absolute atomic E-state index is 0.0929. The van der Waals surface area contributed by atoms with Crippen molar-refractivity contribution in [3.63, 3.8) is 0 Å². The summed E-state index contributed by atoms with van der Waals surface area (Å²) in [6, 6.07) is 8.21. The van der Waals surface area contributed by atoms with E-state index in [0.29, 0.717) is 19.0 Å². The number of rotatable bonds is 3. The number of benzene rings is 2. The van der Waals surface area contributed by atoms with Crippen LogP contribution in [0.5, 0.6) is 11.5 Å². The summed E-state index contributed by atoms with van der Waals surface area (Å²) in [5.74, 6) is 0.705. The maximum atomic E-state index is 12.8. The Labute approximate surface area is 142 Å². The normalized spacial score (nSPS) is 14.2. The third kappa shape index (κ3) is 3.37. The van der Waals surface area contributed by atoms with Crippen LogP contribution in [0.25, 0.3) is 0 Å². The minimum atomic E-state index is -4.56. The third-order valence-corrected chi connectivity index (χ3v) is 5.49. The first-order chi connectivity index (χ1) is 11.7. The Balaban J connectivity index is 1.97. The van der Waals surface area contributed by atoms with Gasteiger partial charge < -0.3 is 9.47 Å². The van der Waals surface area contributed by atoms with Crippen LogP contribution in [0.3, 0.4) is 0 Å². The summed E-state index contributed by atoms with van der Waals surface area (Å²) in [4.78, 5) is -0.100. The number of hydrogen-bond donors (Lipinski definition) is 0. The average Bonchev–Trinajstić information content (AvgIpc) is 2.60. The van der Waals surface area contributed by atoms with Crippen molar-refractivity contribution in [3.8, 4) is 11.5 Å². The first-order valence-electron chi connectivity index (χ1n) is 7.25. The zero-order valence-corrected chi connectivity index (χ0v) is 13.9. The van der Waals surface area contributed by atoms with E-state index in [9.17, 15) is 21.6 Å². The summed E-state index contributed by atoms with van der Waals surface area (Å²) >= 11 is 0. The molecule has 0 aliphatic carbocycles. The summed E-state index contributed by atoms with van der Waals surface area (Å²) in [5.41, 5.74) is -1.01. The van der Waals surface area contributed by atoms with Crippen molar-refractivity contribution >= 4 is 15.7 Å². The van der Waals surface area contributed by atoms with Crippen molar-refractivity contribution in [2.45, 2.75) is 11.1 Å². The van der Waals surface area contributed by atoms with Gasteiger partial charge in [0.1, 0.15) is 13.2 Å². The highest BCUT2D eigenvalue weighted by Crippen LogP contribution is 2.35. The van der Waals surface area contributed by atoms with Crippen LogP contribution in [0.1, 0.15) is 5.56 Å². The molecule has 5 nitrogen and oxygen atoms in total. The van der Waals surface area contributed by atoms with Gasteiger partial charge in [-0.25, -0.2) is 8.42 Å². The van der Waals surface area contributed by atoms with Crippen LogP contribution >= 0.6 is 0 Å². The number of ether oxygens (including phenoxy) is 2. The molecular weight excluding hydrogens is 359 g/mol. The molecule has 1 aliphatic heterocycles. The van der Waals surface area contributed by atoms with Crippen molar-refractivity contribution in [2.75, 3.05) is 24.6 Å². The number of fused-ring (bicyclic) bond motifs is 1. The smallest absolute Gasteiger partial charge is 0.416 e. The Morgan fingerprint density at radius 1 is 1.00 bits per heavy atom. The lowest BCUT2D eigenvalue weighted by Crippen LogP contribution is -2.27. The largest absolute Gasteiger partial charge is 0.486 e. The lowest BCUT2D eigenvalue weighted by atomic mass is 10.2. The van der Waals surface area contributed by atoms with E-state index in [1.165, 1.54) is 31.3 Å². The molecule has 2 aromatic rings. The van der Waals surface area contributed by atoms with E-state index >= 15 is 0 Å². The standard InChI is InChI=1S/C16H14F3NO4S/c1-20(12-4-2-3-11(9-12)16(17,18)19)25(21,22)13-5-6-14-15(10-13)24-8-7-23-14/h2-6,9-10H,7-8H2,1H3.